The number of aliphatic hydroxyl groups is 2. The number of rotatable bonds is 57. The van der Waals surface area contributed by atoms with Gasteiger partial charge in [-0.25, -0.2) is 0 Å². The lowest BCUT2D eigenvalue weighted by Gasteiger charge is -2.20. The fraction of sp³-hybridized carbons (Fsp3) is 0.903. The molecule has 0 aliphatic heterocycles. The summed E-state index contributed by atoms with van der Waals surface area (Å²) in [5.74, 6) is -0.0640. The van der Waals surface area contributed by atoms with Crippen molar-refractivity contribution in [3.63, 3.8) is 0 Å². The lowest BCUT2D eigenvalue weighted by Crippen LogP contribution is -2.45. The van der Waals surface area contributed by atoms with E-state index >= 15 is 0 Å². The molecule has 0 aromatic heterocycles. The van der Waals surface area contributed by atoms with Crippen LogP contribution in [-0.4, -0.2) is 47.4 Å². The summed E-state index contributed by atoms with van der Waals surface area (Å²) in [6.07, 6.45) is 70.6. The molecule has 0 saturated carbocycles. The number of amides is 1. The summed E-state index contributed by atoms with van der Waals surface area (Å²) in [7, 11) is 0. The van der Waals surface area contributed by atoms with Crippen LogP contribution in [0.25, 0.3) is 0 Å². The Morgan fingerprint density at radius 3 is 1.04 bits per heavy atom. The number of allylic oxidation sites excluding steroid dienone is 3. The number of hydrogen-bond acceptors (Lipinski definition) is 5. The van der Waals surface area contributed by atoms with Crippen molar-refractivity contribution in [3.8, 4) is 0 Å². The zero-order valence-electron chi connectivity index (χ0n) is 45.9. The summed E-state index contributed by atoms with van der Waals surface area (Å²) in [6, 6.07) is -0.630. The van der Waals surface area contributed by atoms with Crippen LogP contribution in [-0.2, 0) is 14.3 Å². The molecular weight excluding hydrogens is 839 g/mol. The molecule has 0 saturated heterocycles. The minimum Gasteiger partial charge on any atom is -0.466 e. The van der Waals surface area contributed by atoms with E-state index < -0.39 is 12.1 Å². The van der Waals surface area contributed by atoms with Crippen LogP contribution in [0.1, 0.15) is 335 Å². The maximum atomic E-state index is 12.5. The van der Waals surface area contributed by atoms with E-state index in [1.807, 2.05) is 6.08 Å². The van der Waals surface area contributed by atoms with E-state index in [0.29, 0.717) is 19.4 Å². The number of esters is 1. The lowest BCUT2D eigenvalue weighted by molar-refractivity contribution is -0.143. The van der Waals surface area contributed by atoms with Crippen LogP contribution >= 0.6 is 0 Å². The van der Waals surface area contributed by atoms with Gasteiger partial charge in [-0.15, -0.1) is 0 Å². The number of unbranched alkanes of at least 4 members (excludes halogenated alkanes) is 44. The summed E-state index contributed by atoms with van der Waals surface area (Å²) in [5.41, 5.74) is 0. The fourth-order valence-electron chi connectivity index (χ4n) is 9.51. The monoisotopic (exact) mass is 958 g/mol. The van der Waals surface area contributed by atoms with Crippen molar-refractivity contribution in [2.24, 2.45) is 0 Å². The van der Waals surface area contributed by atoms with E-state index in [-0.39, 0.29) is 18.5 Å². The largest absolute Gasteiger partial charge is 0.466 e. The molecule has 1 amide bonds. The molecule has 68 heavy (non-hydrogen) atoms. The van der Waals surface area contributed by atoms with Gasteiger partial charge < -0.3 is 20.3 Å². The molecule has 0 aliphatic carbocycles. The van der Waals surface area contributed by atoms with Crippen molar-refractivity contribution < 1.29 is 24.5 Å². The Labute approximate surface area is 424 Å². The Morgan fingerprint density at radius 1 is 0.397 bits per heavy atom. The number of aliphatic hydroxyl groups excluding tert-OH is 2. The Kier molecular flexibility index (Phi) is 56.5. The average molecular weight is 959 g/mol. The summed E-state index contributed by atoms with van der Waals surface area (Å²) < 4.78 is 5.49. The third-order valence-corrected chi connectivity index (χ3v) is 14.2. The van der Waals surface area contributed by atoms with Gasteiger partial charge in [0.05, 0.1) is 25.4 Å². The molecule has 2 atom stereocenters. The second-order valence-electron chi connectivity index (χ2n) is 21.0. The third-order valence-electron chi connectivity index (χ3n) is 14.2. The van der Waals surface area contributed by atoms with Crippen molar-refractivity contribution in [2.45, 2.75) is 347 Å². The molecule has 0 aromatic carbocycles. The Hall–Kier alpha value is -1.66. The zero-order valence-corrected chi connectivity index (χ0v) is 45.9. The first kappa shape index (κ1) is 66.3. The van der Waals surface area contributed by atoms with E-state index in [0.717, 1.165) is 44.9 Å². The molecule has 0 aliphatic rings. The highest BCUT2D eigenvalue weighted by atomic mass is 16.5. The molecule has 0 fully saturated rings. The molecule has 6 nitrogen and oxygen atoms in total. The first-order valence-corrected chi connectivity index (χ1v) is 30.6. The maximum absolute atomic E-state index is 12.5. The highest BCUT2D eigenvalue weighted by Gasteiger charge is 2.18. The molecule has 0 spiro atoms. The van der Waals surface area contributed by atoms with Crippen molar-refractivity contribution in [1.29, 1.82) is 0 Å². The first-order chi connectivity index (χ1) is 33.5. The average Bonchev–Trinajstić information content (AvgIpc) is 3.34. The number of nitrogens with one attached hydrogen (secondary N) is 1. The van der Waals surface area contributed by atoms with Gasteiger partial charge in [0.1, 0.15) is 0 Å². The van der Waals surface area contributed by atoms with Gasteiger partial charge in [-0.2, -0.15) is 0 Å². The van der Waals surface area contributed by atoms with Crippen LogP contribution in [0.4, 0.5) is 0 Å². The summed E-state index contributed by atoms with van der Waals surface area (Å²) in [4.78, 5) is 24.5. The van der Waals surface area contributed by atoms with Gasteiger partial charge in [-0.3, -0.25) is 9.59 Å². The molecule has 6 heteroatoms. The lowest BCUT2D eigenvalue weighted by atomic mass is 10.0. The molecule has 0 heterocycles. The maximum Gasteiger partial charge on any atom is 0.305 e. The van der Waals surface area contributed by atoms with Gasteiger partial charge in [0, 0.05) is 12.8 Å². The molecule has 0 aromatic rings. The summed E-state index contributed by atoms with van der Waals surface area (Å²) >= 11 is 0. The molecule has 2 unspecified atom stereocenters. The molecular formula is C62H119NO5. The van der Waals surface area contributed by atoms with Gasteiger partial charge in [0.15, 0.2) is 0 Å². The van der Waals surface area contributed by atoms with Gasteiger partial charge >= 0.3 is 5.97 Å². The molecule has 3 N–H and O–H groups in total. The van der Waals surface area contributed by atoms with E-state index in [4.69, 9.17) is 4.74 Å². The number of hydrogen-bond donors (Lipinski definition) is 3. The van der Waals surface area contributed by atoms with E-state index in [1.54, 1.807) is 6.08 Å². The van der Waals surface area contributed by atoms with Gasteiger partial charge in [-0.1, -0.05) is 289 Å². The second-order valence-corrected chi connectivity index (χ2v) is 21.0. The summed E-state index contributed by atoms with van der Waals surface area (Å²) in [5, 5.41) is 23.1. The molecule has 0 rings (SSSR count). The Morgan fingerprint density at radius 2 is 0.691 bits per heavy atom. The minimum absolute atomic E-state index is 0.00532. The van der Waals surface area contributed by atoms with Gasteiger partial charge in [0.25, 0.3) is 0 Å². The van der Waals surface area contributed by atoms with Crippen LogP contribution in [0.15, 0.2) is 24.3 Å². The highest BCUT2D eigenvalue weighted by Crippen LogP contribution is 2.17. The van der Waals surface area contributed by atoms with Crippen molar-refractivity contribution in [3.05, 3.63) is 24.3 Å². The Bertz CT molecular complexity index is 1060. The molecule has 402 valence electrons. The standard InChI is InChI=1S/C62H119NO5/c1-3-5-7-9-11-13-15-17-19-23-28-32-36-40-44-48-52-56-62(67)68-57-53-49-45-41-37-33-29-25-22-20-21-24-27-31-35-39-43-47-51-55-61(66)63-59(58-64)60(65)54-50-46-42-38-34-30-26-18-16-14-12-10-8-6-4-2/h17,19,50,54,59-60,64-65H,3-16,18,20-49,51-53,55-58H2,1-2H3,(H,63,66)/b19-17-,54-50+. The van der Waals surface area contributed by atoms with Crippen molar-refractivity contribution >= 4 is 11.9 Å². The van der Waals surface area contributed by atoms with Gasteiger partial charge in [0.2, 0.25) is 5.91 Å². The summed E-state index contributed by atoms with van der Waals surface area (Å²) in [6.45, 7) is 4.91. The highest BCUT2D eigenvalue weighted by molar-refractivity contribution is 5.76. The molecule has 0 radical (unpaired) electrons. The molecule has 0 bridgehead atoms. The minimum atomic E-state index is -0.846. The van der Waals surface area contributed by atoms with Crippen LogP contribution in [0.5, 0.6) is 0 Å². The number of carbonyl (C=O) groups excluding carboxylic acids is 2. The quantitative estimate of drug-likeness (QED) is 0.0321. The van der Waals surface area contributed by atoms with Crippen molar-refractivity contribution in [2.75, 3.05) is 13.2 Å². The smallest absolute Gasteiger partial charge is 0.305 e. The van der Waals surface area contributed by atoms with E-state index in [1.165, 1.54) is 263 Å². The number of carbonyl (C=O) groups is 2. The van der Waals surface area contributed by atoms with Crippen LogP contribution in [0, 0.1) is 0 Å². The third kappa shape index (κ3) is 53.7. The predicted octanol–water partition coefficient (Wildman–Crippen LogP) is 19.0. The van der Waals surface area contributed by atoms with Gasteiger partial charge in [-0.05, 0) is 57.8 Å². The van der Waals surface area contributed by atoms with Crippen LogP contribution in [0.3, 0.4) is 0 Å². The van der Waals surface area contributed by atoms with Crippen molar-refractivity contribution in [1.82, 2.24) is 5.32 Å². The Balaban J connectivity index is 3.41. The zero-order chi connectivity index (χ0) is 49.3. The SMILES string of the molecule is CCCCCCCC/C=C\CCCCCCCCCC(=O)OCCCCCCCCCCCCCCCCCCCCCC(=O)NC(CO)C(O)/C=C/CCCCCCCCCCCCCCC. The second kappa shape index (κ2) is 57.9. The van der Waals surface area contributed by atoms with Crippen LogP contribution < -0.4 is 5.32 Å². The van der Waals surface area contributed by atoms with E-state index in [9.17, 15) is 19.8 Å². The topological polar surface area (TPSA) is 95.9 Å². The van der Waals surface area contributed by atoms with Crippen LogP contribution in [0.2, 0.25) is 0 Å². The number of ether oxygens (including phenoxy) is 1. The predicted molar refractivity (Wildman–Crippen MR) is 296 cm³/mol. The fourth-order valence-corrected chi connectivity index (χ4v) is 9.51. The normalized spacial score (nSPS) is 12.7. The first-order valence-electron chi connectivity index (χ1n) is 30.6. The van der Waals surface area contributed by atoms with E-state index in [2.05, 4.69) is 31.3 Å².